The number of amides is 1. The summed E-state index contributed by atoms with van der Waals surface area (Å²) >= 11 is 0. The lowest BCUT2D eigenvalue weighted by Crippen LogP contribution is -2.31. The molecule has 0 radical (unpaired) electrons. The molecule has 1 amide bonds. The van der Waals surface area contributed by atoms with E-state index in [0.717, 1.165) is 23.2 Å². The summed E-state index contributed by atoms with van der Waals surface area (Å²) in [7, 11) is 3.97. The Balaban J connectivity index is 2.01. The largest absolute Gasteiger partial charge is 0.351 e. The molecule has 0 bridgehead atoms. The SMILES string of the molecule is CN(C)CCNC(=O)c1ccc(-c2ccc(CN)cc2)cc1. The summed E-state index contributed by atoms with van der Waals surface area (Å²) in [5.41, 5.74) is 9.61. The summed E-state index contributed by atoms with van der Waals surface area (Å²) in [5, 5.41) is 2.91. The van der Waals surface area contributed by atoms with E-state index >= 15 is 0 Å². The van der Waals surface area contributed by atoms with Crippen molar-refractivity contribution in [2.75, 3.05) is 27.2 Å². The highest BCUT2D eigenvalue weighted by Crippen LogP contribution is 2.20. The van der Waals surface area contributed by atoms with Crippen LogP contribution in [-0.4, -0.2) is 38.0 Å². The van der Waals surface area contributed by atoms with Gasteiger partial charge in [0.2, 0.25) is 0 Å². The maximum atomic E-state index is 12.0. The van der Waals surface area contributed by atoms with E-state index in [9.17, 15) is 4.79 Å². The van der Waals surface area contributed by atoms with Crippen LogP contribution in [0, 0.1) is 0 Å². The second-order valence-electron chi connectivity index (χ2n) is 5.54. The minimum atomic E-state index is -0.0353. The third-order valence-corrected chi connectivity index (χ3v) is 3.51. The van der Waals surface area contributed by atoms with E-state index in [1.54, 1.807) is 0 Å². The number of benzene rings is 2. The van der Waals surface area contributed by atoms with Crippen molar-refractivity contribution >= 4 is 5.91 Å². The Bertz CT molecular complexity index is 603. The van der Waals surface area contributed by atoms with Gasteiger partial charge in [0, 0.05) is 25.2 Å². The van der Waals surface area contributed by atoms with Gasteiger partial charge in [0.05, 0.1) is 0 Å². The monoisotopic (exact) mass is 297 g/mol. The molecule has 3 N–H and O–H groups in total. The van der Waals surface area contributed by atoms with E-state index in [4.69, 9.17) is 5.73 Å². The Kier molecular flexibility index (Phi) is 5.69. The maximum Gasteiger partial charge on any atom is 0.251 e. The second-order valence-corrected chi connectivity index (χ2v) is 5.54. The molecule has 0 heterocycles. The number of nitrogens with one attached hydrogen (secondary N) is 1. The molecular formula is C18H23N3O. The fourth-order valence-electron chi connectivity index (χ4n) is 2.14. The van der Waals surface area contributed by atoms with Crippen LogP contribution in [0.5, 0.6) is 0 Å². The first-order valence-electron chi connectivity index (χ1n) is 7.42. The van der Waals surface area contributed by atoms with Crippen molar-refractivity contribution in [1.82, 2.24) is 10.2 Å². The number of nitrogens with two attached hydrogens (primary N) is 1. The molecule has 2 aromatic rings. The van der Waals surface area contributed by atoms with Gasteiger partial charge in [0.1, 0.15) is 0 Å². The summed E-state index contributed by atoms with van der Waals surface area (Å²) in [6.45, 7) is 2.03. The maximum absolute atomic E-state index is 12.0. The molecule has 0 aliphatic carbocycles. The van der Waals surface area contributed by atoms with Crippen molar-refractivity contribution in [1.29, 1.82) is 0 Å². The van der Waals surface area contributed by atoms with Crippen molar-refractivity contribution in [2.45, 2.75) is 6.54 Å². The molecule has 0 fully saturated rings. The van der Waals surface area contributed by atoms with Crippen LogP contribution in [0.1, 0.15) is 15.9 Å². The van der Waals surface area contributed by atoms with Crippen LogP contribution in [0.4, 0.5) is 0 Å². The Hall–Kier alpha value is -2.17. The average Bonchev–Trinajstić information content (AvgIpc) is 2.54. The van der Waals surface area contributed by atoms with E-state index in [2.05, 4.69) is 5.32 Å². The molecule has 0 aliphatic rings. The fraction of sp³-hybridized carbons (Fsp3) is 0.278. The lowest BCUT2D eigenvalue weighted by molar-refractivity contribution is 0.0951. The first-order chi connectivity index (χ1) is 10.6. The van der Waals surface area contributed by atoms with Crippen LogP contribution in [-0.2, 0) is 6.54 Å². The highest BCUT2D eigenvalue weighted by molar-refractivity contribution is 5.94. The number of hydrogen-bond donors (Lipinski definition) is 2. The molecule has 22 heavy (non-hydrogen) atoms. The highest BCUT2D eigenvalue weighted by Gasteiger charge is 2.05. The quantitative estimate of drug-likeness (QED) is 0.858. The van der Waals surface area contributed by atoms with E-state index in [1.807, 2.05) is 67.5 Å². The van der Waals surface area contributed by atoms with Gasteiger partial charge in [0.15, 0.2) is 0 Å². The zero-order valence-corrected chi connectivity index (χ0v) is 13.2. The Morgan fingerprint density at radius 1 is 1.00 bits per heavy atom. The normalized spacial score (nSPS) is 10.7. The summed E-state index contributed by atoms with van der Waals surface area (Å²) < 4.78 is 0. The predicted octanol–water partition coefficient (Wildman–Crippen LogP) is 2.10. The minimum Gasteiger partial charge on any atom is -0.351 e. The van der Waals surface area contributed by atoms with Gasteiger partial charge in [-0.05, 0) is 42.9 Å². The van der Waals surface area contributed by atoms with Crippen molar-refractivity contribution in [3.8, 4) is 11.1 Å². The number of rotatable bonds is 6. The third kappa shape index (κ3) is 4.41. The van der Waals surface area contributed by atoms with Gasteiger partial charge in [-0.2, -0.15) is 0 Å². The van der Waals surface area contributed by atoms with Crippen molar-refractivity contribution in [3.63, 3.8) is 0 Å². The predicted molar refractivity (Wildman–Crippen MR) is 90.7 cm³/mol. The van der Waals surface area contributed by atoms with E-state index in [0.29, 0.717) is 18.7 Å². The summed E-state index contributed by atoms with van der Waals surface area (Å²) in [6.07, 6.45) is 0. The molecule has 0 saturated heterocycles. The molecule has 116 valence electrons. The van der Waals surface area contributed by atoms with Gasteiger partial charge in [-0.1, -0.05) is 36.4 Å². The molecule has 4 nitrogen and oxygen atoms in total. The second kappa shape index (κ2) is 7.73. The first-order valence-corrected chi connectivity index (χ1v) is 7.42. The Morgan fingerprint density at radius 2 is 1.55 bits per heavy atom. The van der Waals surface area contributed by atoms with Crippen LogP contribution in [0.3, 0.4) is 0 Å². The molecule has 0 spiro atoms. The molecule has 0 aromatic heterocycles. The molecule has 2 rings (SSSR count). The van der Waals surface area contributed by atoms with Crippen molar-refractivity contribution < 1.29 is 4.79 Å². The molecule has 0 saturated carbocycles. The molecule has 2 aromatic carbocycles. The zero-order valence-electron chi connectivity index (χ0n) is 13.2. The summed E-state index contributed by atoms with van der Waals surface area (Å²) in [6, 6.07) is 15.8. The van der Waals surface area contributed by atoms with Crippen molar-refractivity contribution in [3.05, 3.63) is 59.7 Å². The van der Waals surface area contributed by atoms with E-state index in [-0.39, 0.29) is 5.91 Å². The fourth-order valence-corrected chi connectivity index (χ4v) is 2.14. The lowest BCUT2D eigenvalue weighted by Gasteiger charge is -2.10. The van der Waals surface area contributed by atoms with Gasteiger partial charge in [0.25, 0.3) is 5.91 Å². The Labute approximate surface area is 131 Å². The van der Waals surface area contributed by atoms with Gasteiger partial charge in [-0.3, -0.25) is 4.79 Å². The molecule has 0 aliphatic heterocycles. The van der Waals surface area contributed by atoms with E-state index in [1.165, 1.54) is 0 Å². The van der Waals surface area contributed by atoms with Gasteiger partial charge >= 0.3 is 0 Å². The molecular weight excluding hydrogens is 274 g/mol. The zero-order chi connectivity index (χ0) is 15.9. The first kappa shape index (κ1) is 16.2. The summed E-state index contributed by atoms with van der Waals surface area (Å²) in [4.78, 5) is 14.1. The number of likely N-dealkylation sites (N-methyl/N-ethyl adjacent to an activating group) is 1. The highest BCUT2D eigenvalue weighted by atomic mass is 16.1. The average molecular weight is 297 g/mol. The summed E-state index contributed by atoms with van der Waals surface area (Å²) in [5.74, 6) is -0.0353. The van der Waals surface area contributed by atoms with Gasteiger partial charge in [-0.25, -0.2) is 0 Å². The van der Waals surface area contributed by atoms with Gasteiger partial charge in [-0.15, -0.1) is 0 Å². The van der Waals surface area contributed by atoms with Crippen LogP contribution in [0.25, 0.3) is 11.1 Å². The smallest absolute Gasteiger partial charge is 0.251 e. The Morgan fingerprint density at radius 3 is 2.05 bits per heavy atom. The topological polar surface area (TPSA) is 58.4 Å². The van der Waals surface area contributed by atoms with Crippen LogP contribution in [0.15, 0.2) is 48.5 Å². The number of nitrogens with zero attached hydrogens (tertiary/aromatic N) is 1. The van der Waals surface area contributed by atoms with Gasteiger partial charge < -0.3 is 16.0 Å². The van der Waals surface area contributed by atoms with E-state index < -0.39 is 0 Å². The van der Waals surface area contributed by atoms with Crippen molar-refractivity contribution in [2.24, 2.45) is 5.73 Å². The standard InChI is InChI=1S/C18H23N3O/c1-21(2)12-11-20-18(22)17-9-7-16(8-10-17)15-5-3-14(13-19)4-6-15/h3-10H,11-13,19H2,1-2H3,(H,20,22). The lowest BCUT2D eigenvalue weighted by atomic mass is 10.0. The molecule has 0 atom stereocenters. The van der Waals surface area contributed by atoms with Crippen LogP contribution >= 0.6 is 0 Å². The number of carbonyl (C=O) groups excluding carboxylic acids is 1. The minimum absolute atomic E-state index is 0.0353. The molecule has 4 heteroatoms. The molecule has 0 unspecified atom stereocenters. The number of hydrogen-bond acceptors (Lipinski definition) is 3. The van der Waals surface area contributed by atoms with Crippen LogP contribution in [0.2, 0.25) is 0 Å². The number of carbonyl (C=O) groups is 1. The third-order valence-electron chi connectivity index (χ3n) is 3.51. The van der Waals surface area contributed by atoms with Crippen LogP contribution < -0.4 is 11.1 Å².